The van der Waals surface area contributed by atoms with Crippen LogP contribution in [0.4, 0.5) is 0 Å². The standard InChI is InChI=1S/C10H18O2.C4H10/c1-3-8(2)12-10(11)9-6-4-5-7-9;1-4(2)3/h8-9H,3-7H2,1-2H3;4H,1-3H3/t8-;/m0./s1. The summed E-state index contributed by atoms with van der Waals surface area (Å²) in [4.78, 5) is 11.4. The molecule has 0 N–H and O–H groups in total. The van der Waals surface area contributed by atoms with Gasteiger partial charge in [-0.05, 0) is 32.1 Å². The Kier molecular flexibility index (Phi) is 8.32. The molecule has 0 aromatic carbocycles. The fourth-order valence-electron chi connectivity index (χ4n) is 1.54. The zero-order chi connectivity index (χ0) is 12.6. The normalized spacial score (nSPS) is 17.9. The van der Waals surface area contributed by atoms with Gasteiger partial charge in [0.2, 0.25) is 0 Å². The Hall–Kier alpha value is -0.530. The van der Waals surface area contributed by atoms with E-state index in [0.29, 0.717) is 0 Å². The highest BCUT2D eigenvalue weighted by molar-refractivity contribution is 5.72. The van der Waals surface area contributed by atoms with Gasteiger partial charge in [0.05, 0.1) is 12.0 Å². The molecule has 0 amide bonds. The van der Waals surface area contributed by atoms with Gasteiger partial charge in [-0.15, -0.1) is 0 Å². The molecule has 1 aliphatic rings. The molecule has 0 spiro atoms. The van der Waals surface area contributed by atoms with E-state index < -0.39 is 0 Å². The number of esters is 1. The topological polar surface area (TPSA) is 26.3 Å². The third-order valence-corrected chi connectivity index (χ3v) is 2.58. The second kappa shape index (κ2) is 8.60. The smallest absolute Gasteiger partial charge is 0.309 e. The van der Waals surface area contributed by atoms with Crippen molar-refractivity contribution in [2.24, 2.45) is 11.8 Å². The SMILES string of the molecule is CC(C)C.CC[C@H](C)OC(=O)C1CCCC1. The minimum absolute atomic E-state index is 0.0295. The van der Waals surface area contributed by atoms with Crippen molar-refractivity contribution in [3.8, 4) is 0 Å². The second-order valence-electron chi connectivity index (χ2n) is 5.37. The van der Waals surface area contributed by atoms with E-state index in [1.807, 2.05) is 13.8 Å². The maximum absolute atomic E-state index is 11.4. The fourth-order valence-corrected chi connectivity index (χ4v) is 1.54. The summed E-state index contributed by atoms with van der Waals surface area (Å²) in [5.41, 5.74) is 0. The molecule has 1 aliphatic carbocycles. The van der Waals surface area contributed by atoms with Crippen molar-refractivity contribution >= 4 is 5.97 Å². The number of ether oxygens (including phenoxy) is 1. The van der Waals surface area contributed by atoms with Gasteiger partial charge in [-0.2, -0.15) is 0 Å². The van der Waals surface area contributed by atoms with E-state index in [1.165, 1.54) is 12.8 Å². The van der Waals surface area contributed by atoms with Gasteiger partial charge < -0.3 is 4.74 Å². The van der Waals surface area contributed by atoms with Gasteiger partial charge in [-0.25, -0.2) is 0 Å². The van der Waals surface area contributed by atoms with Crippen LogP contribution < -0.4 is 0 Å². The summed E-state index contributed by atoms with van der Waals surface area (Å²) >= 11 is 0. The van der Waals surface area contributed by atoms with Crippen LogP contribution in [0.15, 0.2) is 0 Å². The first-order valence-corrected chi connectivity index (χ1v) is 6.67. The molecule has 0 aromatic heterocycles. The molecule has 1 saturated carbocycles. The lowest BCUT2D eigenvalue weighted by Gasteiger charge is -2.14. The third kappa shape index (κ3) is 7.72. The third-order valence-electron chi connectivity index (χ3n) is 2.58. The lowest BCUT2D eigenvalue weighted by atomic mass is 10.1. The van der Waals surface area contributed by atoms with E-state index in [0.717, 1.165) is 25.2 Å². The molecule has 0 unspecified atom stereocenters. The van der Waals surface area contributed by atoms with Crippen molar-refractivity contribution in [2.45, 2.75) is 72.8 Å². The quantitative estimate of drug-likeness (QED) is 0.677. The molecule has 0 bridgehead atoms. The number of hydrogen-bond donors (Lipinski definition) is 0. The highest BCUT2D eigenvalue weighted by atomic mass is 16.5. The Balaban J connectivity index is 0.000000487. The molecule has 1 atom stereocenters. The second-order valence-corrected chi connectivity index (χ2v) is 5.37. The first-order valence-electron chi connectivity index (χ1n) is 6.67. The van der Waals surface area contributed by atoms with Gasteiger partial charge in [0, 0.05) is 0 Å². The molecule has 1 fully saturated rings. The lowest BCUT2D eigenvalue weighted by molar-refractivity contribution is -0.153. The number of carbonyl (C=O) groups excluding carboxylic acids is 1. The minimum Gasteiger partial charge on any atom is -0.462 e. The van der Waals surface area contributed by atoms with Crippen LogP contribution in [0.25, 0.3) is 0 Å². The first-order chi connectivity index (χ1) is 7.47. The average Bonchev–Trinajstić information content (AvgIpc) is 2.69. The summed E-state index contributed by atoms with van der Waals surface area (Å²) in [5.74, 6) is 1.07. The zero-order valence-corrected chi connectivity index (χ0v) is 11.6. The van der Waals surface area contributed by atoms with E-state index in [4.69, 9.17) is 4.74 Å². The predicted molar refractivity (Wildman–Crippen MR) is 68.3 cm³/mol. The number of rotatable bonds is 3. The Morgan fingerprint density at radius 3 is 2.00 bits per heavy atom. The van der Waals surface area contributed by atoms with Crippen LogP contribution in [0, 0.1) is 11.8 Å². The van der Waals surface area contributed by atoms with Crippen LogP contribution in [0.3, 0.4) is 0 Å². The number of hydrogen-bond acceptors (Lipinski definition) is 2. The van der Waals surface area contributed by atoms with Gasteiger partial charge >= 0.3 is 5.97 Å². The van der Waals surface area contributed by atoms with Crippen LogP contribution >= 0.6 is 0 Å². The van der Waals surface area contributed by atoms with Crippen molar-refractivity contribution in [1.29, 1.82) is 0 Å². The monoisotopic (exact) mass is 228 g/mol. The van der Waals surface area contributed by atoms with Crippen molar-refractivity contribution < 1.29 is 9.53 Å². The van der Waals surface area contributed by atoms with Crippen LogP contribution in [0.1, 0.15) is 66.7 Å². The average molecular weight is 228 g/mol. The highest BCUT2D eigenvalue weighted by Crippen LogP contribution is 2.26. The highest BCUT2D eigenvalue weighted by Gasteiger charge is 2.24. The molecular weight excluding hydrogens is 200 g/mol. The van der Waals surface area contributed by atoms with Crippen molar-refractivity contribution in [3.63, 3.8) is 0 Å². The largest absolute Gasteiger partial charge is 0.462 e. The Morgan fingerprint density at radius 1 is 1.19 bits per heavy atom. The van der Waals surface area contributed by atoms with Crippen LogP contribution in [0.2, 0.25) is 0 Å². The van der Waals surface area contributed by atoms with Crippen LogP contribution in [-0.2, 0) is 9.53 Å². The fraction of sp³-hybridized carbons (Fsp3) is 0.929. The van der Waals surface area contributed by atoms with E-state index >= 15 is 0 Å². The van der Waals surface area contributed by atoms with Crippen LogP contribution in [0.5, 0.6) is 0 Å². The predicted octanol–water partition coefficient (Wildman–Crippen LogP) is 4.18. The van der Waals surface area contributed by atoms with Gasteiger partial charge in [0.15, 0.2) is 0 Å². The number of carbonyl (C=O) groups is 1. The summed E-state index contributed by atoms with van der Waals surface area (Å²) < 4.78 is 5.24. The Morgan fingerprint density at radius 2 is 1.62 bits per heavy atom. The summed E-state index contributed by atoms with van der Waals surface area (Å²) in [6.07, 6.45) is 5.47. The van der Waals surface area contributed by atoms with Crippen molar-refractivity contribution in [2.75, 3.05) is 0 Å². The van der Waals surface area contributed by atoms with Crippen LogP contribution in [-0.4, -0.2) is 12.1 Å². The Bertz CT molecular complexity index is 178. The van der Waals surface area contributed by atoms with Gasteiger partial charge in [-0.1, -0.05) is 40.5 Å². The molecule has 1 rings (SSSR count). The molecule has 0 aromatic rings. The van der Waals surface area contributed by atoms with Crippen molar-refractivity contribution in [1.82, 2.24) is 0 Å². The molecule has 2 heteroatoms. The molecule has 0 heterocycles. The molecular formula is C14H28O2. The first kappa shape index (κ1) is 15.5. The minimum atomic E-state index is 0.0295. The molecule has 16 heavy (non-hydrogen) atoms. The lowest BCUT2D eigenvalue weighted by Crippen LogP contribution is -2.20. The van der Waals surface area contributed by atoms with Gasteiger partial charge in [-0.3, -0.25) is 4.79 Å². The van der Waals surface area contributed by atoms with Crippen molar-refractivity contribution in [3.05, 3.63) is 0 Å². The zero-order valence-electron chi connectivity index (χ0n) is 11.6. The summed E-state index contributed by atoms with van der Waals surface area (Å²) in [7, 11) is 0. The summed E-state index contributed by atoms with van der Waals surface area (Å²) in [5, 5.41) is 0. The van der Waals surface area contributed by atoms with Gasteiger partial charge in [0.1, 0.15) is 0 Å². The molecule has 0 aliphatic heterocycles. The molecule has 0 saturated heterocycles. The van der Waals surface area contributed by atoms with E-state index in [-0.39, 0.29) is 18.0 Å². The van der Waals surface area contributed by atoms with Gasteiger partial charge in [0.25, 0.3) is 0 Å². The maximum atomic E-state index is 11.4. The summed E-state index contributed by atoms with van der Waals surface area (Å²) in [6.45, 7) is 10.5. The maximum Gasteiger partial charge on any atom is 0.309 e. The van der Waals surface area contributed by atoms with E-state index in [1.54, 1.807) is 0 Å². The Labute approximate surface area is 101 Å². The molecule has 2 nitrogen and oxygen atoms in total. The molecule has 0 radical (unpaired) electrons. The summed E-state index contributed by atoms with van der Waals surface area (Å²) in [6, 6.07) is 0. The van der Waals surface area contributed by atoms with E-state index in [2.05, 4.69) is 20.8 Å². The molecule has 96 valence electrons. The van der Waals surface area contributed by atoms with E-state index in [9.17, 15) is 4.79 Å².